The summed E-state index contributed by atoms with van der Waals surface area (Å²) in [5.41, 5.74) is 2.24. The highest BCUT2D eigenvalue weighted by Crippen LogP contribution is 2.28. The number of benzene rings is 1. The van der Waals surface area contributed by atoms with Crippen molar-refractivity contribution in [2.24, 2.45) is 0 Å². The van der Waals surface area contributed by atoms with Gasteiger partial charge in [-0.05, 0) is 49.7 Å². The quantitative estimate of drug-likeness (QED) is 0.829. The number of aryl methyl sites for hydroxylation is 2. The molecule has 0 unspecified atom stereocenters. The number of piperazine rings is 1. The lowest BCUT2D eigenvalue weighted by Crippen LogP contribution is -2.48. The largest absolute Gasteiger partial charge is 0.369 e. The lowest BCUT2D eigenvalue weighted by atomic mass is 10.1. The number of nitrogens with zero attached hydrogens (tertiary/aromatic N) is 2. The maximum atomic E-state index is 12.7. The van der Waals surface area contributed by atoms with Crippen LogP contribution in [0.25, 0.3) is 0 Å². The third kappa shape index (κ3) is 3.40. The van der Waals surface area contributed by atoms with Gasteiger partial charge in [0.15, 0.2) is 0 Å². The second-order valence-electron chi connectivity index (χ2n) is 5.69. The maximum absolute atomic E-state index is 12.7. The van der Waals surface area contributed by atoms with Crippen LogP contribution in [0.15, 0.2) is 34.5 Å². The zero-order chi connectivity index (χ0) is 16.6. The molecule has 0 spiro atoms. The van der Waals surface area contributed by atoms with Gasteiger partial charge in [0.2, 0.25) is 0 Å². The Morgan fingerprint density at radius 1 is 1.04 bits per heavy atom. The Labute approximate surface area is 146 Å². The van der Waals surface area contributed by atoms with Gasteiger partial charge < -0.3 is 4.90 Å². The fraction of sp³-hybridized carbons (Fsp3) is 0.375. The molecule has 0 N–H and O–H groups in total. The average molecular weight is 371 g/mol. The van der Waals surface area contributed by atoms with Crippen molar-refractivity contribution in [3.05, 3.63) is 45.8 Å². The zero-order valence-corrected chi connectivity index (χ0v) is 15.5. The summed E-state index contributed by atoms with van der Waals surface area (Å²) in [5.74, 6) is 0. The van der Waals surface area contributed by atoms with E-state index in [0.717, 1.165) is 21.2 Å². The lowest BCUT2D eigenvalue weighted by molar-refractivity contribution is 0.385. The molecule has 0 atom stereocenters. The normalized spacial score (nSPS) is 16.7. The predicted molar refractivity (Wildman–Crippen MR) is 96.2 cm³/mol. The molecule has 2 heterocycles. The summed E-state index contributed by atoms with van der Waals surface area (Å²) in [5, 5.41) is 0.723. The molecule has 0 aliphatic carbocycles. The summed E-state index contributed by atoms with van der Waals surface area (Å²) in [7, 11) is -3.36. The SMILES string of the molecule is Cc1ccc(S(=O)(=O)N2CCN(c3ccc(Cl)cc3C)CC2)s1. The van der Waals surface area contributed by atoms with Crippen LogP contribution in [0, 0.1) is 13.8 Å². The van der Waals surface area contributed by atoms with Gasteiger partial charge in [0, 0.05) is 41.8 Å². The number of hydrogen-bond acceptors (Lipinski definition) is 4. The van der Waals surface area contributed by atoms with Gasteiger partial charge in [-0.25, -0.2) is 8.42 Å². The lowest BCUT2D eigenvalue weighted by Gasteiger charge is -2.35. The number of sulfonamides is 1. The summed E-state index contributed by atoms with van der Waals surface area (Å²) in [4.78, 5) is 3.23. The van der Waals surface area contributed by atoms with E-state index in [4.69, 9.17) is 11.6 Å². The monoisotopic (exact) mass is 370 g/mol. The van der Waals surface area contributed by atoms with E-state index < -0.39 is 10.0 Å². The topological polar surface area (TPSA) is 40.6 Å². The number of hydrogen-bond donors (Lipinski definition) is 0. The molecule has 7 heteroatoms. The van der Waals surface area contributed by atoms with E-state index in [9.17, 15) is 8.42 Å². The molecule has 1 saturated heterocycles. The van der Waals surface area contributed by atoms with Crippen LogP contribution in [0.2, 0.25) is 5.02 Å². The standard InChI is InChI=1S/C16H19ClN2O2S2/c1-12-11-14(17)4-5-15(12)18-7-9-19(10-8-18)23(20,21)16-6-3-13(2)22-16/h3-6,11H,7-10H2,1-2H3. The predicted octanol–water partition coefficient (Wildman–Crippen LogP) is 3.53. The highest BCUT2D eigenvalue weighted by molar-refractivity contribution is 7.91. The first-order valence-corrected chi connectivity index (χ1v) is 10.1. The molecule has 0 amide bonds. The second-order valence-corrected chi connectivity index (χ2v) is 9.58. The van der Waals surface area contributed by atoms with E-state index in [2.05, 4.69) is 4.90 Å². The Morgan fingerprint density at radius 3 is 2.30 bits per heavy atom. The van der Waals surface area contributed by atoms with Crippen LogP contribution in [0.3, 0.4) is 0 Å². The van der Waals surface area contributed by atoms with Crippen molar-refractivity contribution < 1.29 is 8.42 Å². The fourth-order valence-corrected chi connectivity index (χ4v) is 5.91. The summed E-state index contributed by atoms with van der Waals surface area (Å²) in [6.45, 7) is 6.32. The van der Waals surface area contributed by atoms with Gasteiger partial charge in [-0.2, -0.15) is 4.31 Å². The van der Waals surface area contributed by atoms with Gasteiger partial charge in [-0.1, -0.05) is 11.6 Å². The number of halogens is 1. The Bertz CT molecular complexity index is 809. The van der Waals surface area contributed by atoms with Crippen molar-refractivity contribution in [1.82, 2.24) is 4.31 Å². The van der Waals surface area contributed by atoms with Crippen LogP contribution >= 0.6 is 22.9 Å². The van der Waals surface area contributed by atoms with Crippen molar-refractivity contribution in [2.75, 3.05) is 31.1 Å². The minimum atomic E-state index is -3.36. The summed E-state index contributed by atoms with van der Waals surface area (Å²) in [6, 6.07) is 9.37. The van der Waals surface area contributed by atoms with Crippen LogP contribution in [0.5, 0.6) is 0 Å². The summed E-state index contributed by atoms with van der Waals surface area (Å²) < 4.78 is 27.3. The smallest absolute Gasteiger partial charge is 0.252 e. The average Bonchev–Trinajstić information content (AvgIpc) is 2.95. The molecular formula is C16H19ClN2O2S2. The molecule has 4 nitrogen and oxygen atoms in total. The van der Waals surface area contributed by atoms with Crippen molar-refractivity contribution in [3.63, 3.8) is 0 Å². The highest BCUT2D eigenvalue weighted by Gasteiger charge is 2.29. The Morgan fingerprint density at radius 2 is 1.74 bits per heavy atom. The van der Waals surface area contributed by atoms with E-state index in [0.29, 0.717) is 30.4 Å². The van der Waals surface area contributed by atoms with Crippen LogP contribution in [0.4, 0.5) is 5.69 Å². The molecule has 1 aromatic carbocycles. The summed E-state index contributed by atoms with van der Waals surface area (Å²) >= 11 is 7.34. The van der Waals surface area contributed by atoms with Crippen LogP contribution in [0.1, 0.15) is 10.4 Å². The molecule has 1 fully saturated rings. The van der Waals surface area contributed by atoms with Gasteiger partial charge in [0.1, 0.15) is 4.21 Å². The first-order chi connectivity index (χ1) is 10.9. The van der Waals surface area contributed by atoms with Gasteiger partial charge >= 0.3 is 0 Å². The number of thiophene rings is 1. The highest BCUT2D eigenvalue weighted by atomic mass is 35.5. The molecule has 3 rings (SSSR count). The zero-order valence-electron chi connectivity index (χ0n) is 13.1. The molecule has 2 aromatic rings. The molecule has 0 radical (unpaired) electrons. The maximum Gasteiger partial charge on any atom is 0.252 e. The molecule has 1 aromatic heterocycles. The third-order valence-corrected chi connectivity index (χ3v) is 7.65. The second kappa shape index (κ2) is 6.43. The first-order valence-electron chi connectivity index (χ1n) is 7.45. The Balaban J connectivity index is 1.73. The molecule has 1 aliphatic heterocycles. The van der Waals surface area contributed by atoms with E-state index in [1.54, 1.807) is 10.4 Å². The summed E-state index contributed by atoms with van der Waals surface area (Å²) in [6.07, 6.45) is 0. The molecule has 1 aliphatic rings. The van der Waals surface area contributed by atoms with Crippen molar-refractivity contribution >= 4 is 38.6 Å². The van der Waals surface area contributed by atoms with Crippen LogP contribution in [-0.2, 0) is 10.0 Å². The van der Waals surface area contributed by atoms with Gasteiger partial charge in [-0.15, -0.1) is 11.3 Å². The molecular weight excluding hydrogens is 352 g/mol. The van der Waals surface area contributed by atoms with Crippen LogP contribution < -0.4 is 4.90 Å². The van der Waals surface area contributed by atoms with Crippen molar-refractivity contribution in [1.29, 1.82) is 0 Å². The van der Waals surface area contributed by atoms with Crippen LogP contribution in [-0.4, -0.2) is 38.9 Å². The van der Waals surface area contributed by atoms with E-state index in [1.165, 1.54) is 11.3 Å². The first kappa shape index (κ1) is 16.8. The molecule has 124 valence electrons. The minimum absolute atomic E-state index is 0.436. The van der Waals surface area contributed by atoms with Crippen molar-refractivity contribution in [3.8, 4) is 0 Å². The molecule has 0 bridgehead atoms. The molecule has 23 heavy (non-hydrogen) atoms. The van der Waals surface area contributed by atoms with E-state index in [1.807, 2.05) is 38.1 Å². The Kier molecular flexibility index (Phi) is 4.69. The van der Waals surface area contributed by atoms with Gasteiger partial charge in [-0.3, -0.25) is 0 Å². The third-order valence-electron chi connectivity index (χ3n) is 4.05. The minimum Gasteiger partial charge on any atom is -0.369 e. The van der Waals surface area contributed by atoms with E-state index >= 15 is 0 Å². The fourth-order valence-electron chi connectivity index (χ4n) is 2.82. The Hall–Kier alpha value is -1.08. The van der Waals surface area contributed by atoms with Gasteiger partial charge in [0.05, 0.1) is 0 Å². The number of anilines is 1. The van der Waals surface area contributed by atoms with E-state index in [-0.39, 0.29) is 0 Å². The molecule has 0 saturated carbocycles. The van der Waals surface area contributed by atoms with Crippen molar-refractivity contribution in [2.45, 2.75) is 18.1 Å². The van der Waals surface area contributed by atoms with Gasteiger partial charge in [0.25, 0.3) is 10.0 Å². The number of rotatable bonds is 3.